The molecule has 1 aromatic heterocycles. The van der Waals surface area contributed by atoms with Gasteiger partial charge in [-0.3, -0.25) is 4.79 Å². The zero-order valence-corrected chi connectivity index (χ0v) is 12.1. The molecule has 4 nitrogen and oxygen atoms in total. The summed E-state index contributed by atoms with van der Waals surface area (Å²) in [5, 5.41) is 3.55. The van der Waals surface area contributed by atoms with E-state index < -0.39 is 0 Å². The Morgan fingerprint density at radius 2 is 2.32 bits per heavy atom. The van der Waals surface area contributed by atoms with Gasteiger partial charge in [-0.1, -0.05) is 13.8 Å². The molecule has 1 amide bonds. The first-order valence-electron chi connectivity index (χ1n) is 7.16. The summed E-state index contributed by atoms with van der Waals surface area (Å²) in [5.41, 5.74) is 0. The molecule has 4 heteroatoms. The smallest absolute Gasteiger partial charge is 0.222 e. The number of carbonyl (C=O) groups excluding carboxylic acids is 1. The number of amides is 1. The first-order chi connectivity index (χ1) is 9.10. The van der Waals surface area contributed by atoms with Crippen molar-refractivity contribution in [2.24, 2.45) is 5.92 Å². The van der Waals surface area contributed by atoms with Gasteiger partial charge in [0.25, 0.3) is 0 Å². The van der Waals surface area contributed by atoms with E-state index >= 15 is 0 Å². The molecule has 0 unspecified atom stereocenters. The third-order valence-corrected chi connectivity index (χ3v) is 3.89. The first-order valence-corrected chi connectivity index (χ1v) is 7.16. The zero-order chi connectivity index (χ0) is 13.8. The Labute approximate surface area is 115 Å². The van der Waals surface area contributed by atoms with Crippen LogP contribution in [0.4, 0.5) is 0 Å². The normalized spacial score (nSPS) is 23.6. The molecule has 0 bridgehead atoms. The maximum atomic E-state index is 11.7. The fourth-order valence-corrected chi connectivity index (χ4v) is 2.71. The lowest BCUT2D eigenvalue weighted by Crippen LogP contribution is -2.49. The summed E-state index contributed by atoms with van der Waals surface area (Å²) < 4.78 is 5.56. The van der Waals surface area contributed by atoms with Gasteiger partial charge in [-0.05, 0) is 31.4 Å². The van der Waals surface area contributed by atoms with Gasteiger partial charge in [-0.25, -0.2) is 0 Å². The van der Waals surface area contributed by atoms with Gasteiger partial charge in [-0.15, -0.1) is 0 Å². The van der Waals surface area contributed by atoms with Crippen molar-refractivity contribution in [2.75, 3.05) is 13.1 Å². The molecule has 2 rings (SSSR count). The standard InChI is InChI=1S/C15H24N2O2/c1-4-15(18)17-8-7-14(11(2)10-17)16-9-13-6-5-12(3)19-13/h5-6,11,14,16H,4,7-10H2,1-3H3/t11-,14-/m1/s1. The molecule has 1 fully saturated rings. The summed E-state index contributed by atoms with van der Waals surface area (Å²) in [5.74, 6) is 2.69. The Hall–Kier alpha value is -1.29. The Bertz CT molecular complexity index is 428. The quantitative estimate of drug-likeness (QED) is 0.907. The highest BCUT2D eigenvalue weighted by atomic mass is 16.3. The van der Waals surface area contributed by atoms with Crippen molar-refractivity contribution in [3.8, 4) is 0 Å². The van der Waals surface area contributed by atoms with Crippen LogP contribution in [0.15, 0.2) is 16.5 Å². The van der Waals surface area contributed by atoms with Gasteiger partial charge in [-0.2, -0.15) is 0 Å². The molecule has 0 aromatic carbocycles. The highest BCUT2D eigenvalue weighted by Crippen LogP contribution is 2.18. The Kier molecular flexibility index (Phi) is 4.64. The fraction of sp³-hybridized carbons (Fsp3) is 0.667. The minimum Gasteiger partial charge on any atom is -0.465 e. The molecule has 0 radical (unpaired) electrons. The maximum Gasteiger partial charge on any atom is 0.222 e. The average Bonchev–Trinajstić information content (AvgIpc) is 2.82. The number of aryl methyl sites for hydroxylation is 1. The number of nitrogens with zero attached hydrogens (tertiary/aromatic N) is 1. The van der Waals surface area contributed by atoms with Gasteiger partial charge in [0.05, 0.1) is 6.54 Å². The maximum absolute atomic E-state index is 11.7. The molecule has 1 N–H and O–H groups in total. The molecule has 2 atom stereocenters. The third-order valence-electron chi connectivity index (χ3n) is 3.89. The largest absolute Gasteiger partial charge is 0.465 e. The van der Waals surface area contributed by atoms with E-state index in [1.807, 2.05) is 30.9 Å². The number of rotatable bonds is 4. The number of piperidine rings is 1. The summed E-state index contributed by atoms with van der Waals surface area (Å²) in [7, 11) is 0. The summed E-state index contributed by atoms with van der Waals surface area (Å²) in [6.45, 7) is 8.59. The predicted octanol–water partition coefficient (Wildman–Crippen LogP) is 2.32. The number of furan rings is 1. The van der Waals surface area contributed by atoms with Crippen molar-refractivity contribution >= 4 is 5.91 Å². The van der Waals surface area contributed by atoms with Gasteiger partial charge in [0.2, 0.25) is 5.91 Å². The number of hydrogen-bond donors (Lipinski definition) is 1. The van der Waals surface area contributed by atoms with Crippen LogP contribution in [0.5, 0.6) is 0 Å². The molecule has 19 heavy (non-hydrogen) atoms. The van der Waals surface area contributed by atoms with Gasteiger partial charge in [0.15, 0.2) is 0 Å². The minimum atomic E-state index is 0.270. The molecular weight excluding hydrogens is 240 g/mol. The Balaban J connectivity index is 1.81. The molecule has 0 saturated carbocycles. The summed E-state index contributed by atoms with van der Waals surface area (Å²) >= 11 is 0. The molecule has 1 saturated heterocycles. The van der Waals surface area contributed by atoms with Crippen LogP contribution in [0.1, 0.15) is 38.2 Å². The van der Waals surface area contributed by atoms with Gasteiger partial charge in [0.1, 0.15) is 11.5 Å². The van der Waals surface area contributed by atoms with E-state index in [2.05, 4.69) is 12.2 Å². The monoisotopic (exact) mass is 264 g/mol. The van der Waals surface area contributed by atoms with E-state index in [4.69, 9.17) is 4.42 Å². The van der Waals surface area contributed by atoms with Crippen LogP contribution < -0.4 is 5.32 Å². The molecule has 1 aliphatic heterocycles. The summed E-state index contributed by atoms with van der Waals surface area (Å²) in [6.07, 6.45) is 1.63. The zero-order valence-electron chi connectivity index (χ0n) is 12.1. The van der Waals surface area contributed by atoms with E-state index in [0.717, 1.165) is 37.6 Å². The van der Waals surface area contributed by atoms with Crippen LogP contribution in [-0.4, -0.2) is 29.9 Å². The van der Waals surface area contributed by atoms with E-state index in [9.17, 15) is 4.79 Å². The fourth-order valence-electron chi connectivity index (χ4n) is 2.71. The topological polar surface area (TPSA) is 45.5 Å². The highest BCUT2D eigenvalue weighted by molar-refractivity contribution is 5.75. The molecule has 2 heterocycles. The third kappa shape index (κ3) is 3.60. The number of carbonyl (C=O) groups is 1. The van der Waals surface area contributed by atoms with Crippen LogP contribution in [0.25, 0.3) is 0 Å². The summed E-state index contributed by atoms with van der Waals surface area (Å²) in [4.78, 5) is 13.7. The van der Waals surface area contributed by atoms with Crippen LogP contribution in [0.2, 0.25) is 0 Å². The Morgan fingerprint density at radius 1 is 1.53 bits per heavy atom. The second-order valence-corrected chi connectivity index (χ2v) is 5.46. The van der Waals surface area contributed by atoms with Gasteiger partial charge < -0.3 is 14.6 Å². The lowest BCUT2D eigenvalue weighted by atomic mass is 9.93. The van der Waals surface area contributed by atoms with E-state index in [-0.39, 0.29) is 5.91 Å². The van der Waals surface area contributed by atoms with Crippen molar-refractivity contribution in [3.63, 3.8) is 0 Å². The highest BCUT2D eigenvalue weighted by Gasteiger charge is 2.27. The Morgan fingerprint density at radius 3 is 2.89 bits per heavy atom. The number of likely N-dealkylation sites (tertiary alicyclic amines) is 1. The predicted molar refractivity (Wildman–Crippen MR) is 74.7 cm³/mol. The second-order valence-electron chi connectivity index (χ2n) is 5.46. The van der Waals surface area contributed by atoms with Gasteiger partial charge >= 0.3 is 0 Å². The van der Waals surface area contributed by atoms with Crippen LogP contribution in [0, 0.1) is 12.8 Å². The number of nitrogens with one attached hydrogen (secondary N) is 1. The molecular formula is C15H24N2O2. The number of hydrogen-bond acceptors (Lipinski definition) is 3. The first kappa shape index (κ1) is 14.1. The molecule has 0 spiro atoms. The van der Waals surface area contributed by atoms with Crippen LogP contribution >= 0.6 is 0 Å². The molecule has 106 valence electrons. The summed E-state index contributed by atoms with van der Waals surface area (Å²) in [6, 6.07) is 4.47. The lowest BCUT2D eigenvalue weighted by Gasteiger charge is -2.37. The SMILES string of the molecule is CCC(=O)N1CC[C@@H](NCc2ccc(C)o2)[C@H](C)C1. The van der Waals surface area contributed by atoms with Crippen molar-refractivity contribution in [2.45, 2.75) is 46.2 Å². The molecule has 0 aliphatic carbocycles. The van der Waals surface area contributed by atoms with E-state index in [0.29, 0.717) is 18.4 Å². The van der Waals surface area contributed by atoms with Crippen molar-refractivity contribution < 1.29 is 9.21 Å². The van der Waals surface area contributed by atoms with Crippen LogP contribution in [-0.2, 0) is 11.3 Å². The molecule has 1 aliphatic rings. The van der Waals surface area contributed by atoms with E-state index in [1.165, 1.54) is 0 Å². The van der Waals surface area contributed by atoms with Gasteiger partial charge in [0, 0.05) is 25.6 Å². The van der Waals surface area contributed by atoms with Crippen LogP contribution in [0.3, 0.4) is 0 Å². The molecule has 1 aromatic rings. The van der Waals surface area contributed by atoms with E-state index in [1.54, 1.807) is 0 Å². The van der Waals surface area contributed by atoms with Crippen molar-refractivity contribution in [1.82, 2.24) is 10.2 Å². The second kappa shape index (κ2) is 6.24. The average molecular weight is 264 g/mol. The lowest BCUT2D eigenvalue weighted by molar-refractivity contribution is -0.132. The van der Waals surface area contributed by atoms with Crippen molar-refractivity contribution in [3.05, 3.63) is 23.7 Å². The van der Waals surface area contributed by atoms with Crippen molar-refractivity contribution in [1.29, 1.82) is 0 Å². The minimum absolute atomic E-state index is 0.270.